The van der Waals surface area contributed by atoms with E-state index in [1.165, 1.54) is 4.90 Å². The molecule has 0 radical (unpaired) electrons. The van der Waals surface area contributed by atoms with E-state index in [0.717, 1.165) is 17.1 Å². The molecule has 0 spiro atoms. The topological polar surface area (TPSA) is 83.0 Å². The Morgan fingerprint density at radius 3 is 2.24 bits per heavy atom. The summed E-state index contributed by atoms with van der Waals surface area (Å²) >= 11 is 0. The van der Waals surface area contributed by atoms with E-state index in [1.807, 2.05) is 51.1 Å². The average Bonchev–Trinajstić information content (AvgIpc) is 2.79. The van der Waals surface area contributed by atoms with Gasteiger partial charge >= 0.3 is 6.09 Å². The van der Waals surface area contributed by atoms with Gasteiger partial charge in [0.15, 0.2) is 0 Å². The van der Waals surface area contributed by atoms with Crippen LogP contribution in [0.4, 0.5) is 10.6 Å². The normalized spacial score (nSPS) is 18.3. The molecule has 2 aromatic rings. The van der Waals surface area contributed by atoms with Crippen molar-refractivity contribution < 1.29 is 19.1 Å². The molecule has 0 saturated carbocycles. The number of hydrogen-bond donors (Lipinski definition) is 0. The number of amides is 3. The Hall–Kier alpha value is -3.42. The Morgan fingerprint density at radius 1 is 0.971 bits per heavy atom. The van der Waals surface area contributed by atoms with Crippen molar-refractivity contribution in [1.82, 2.24) is 14.8 Å². The predicted octanol–water partition coefficient (Wildman–Crippen LogP) is 3.43. The number of ether oxygens (including phenoxy) is 1. The number of benzene rings is 1. The molecule has 1 aromatic heterocycles. The molecule has 8 nitrogen and oxygen atoms in total. The third-order valence-electron chi connectivity index (χ3n) is 6.35. The lowest BCUT2D eigenvalue weighted by molar-refractivity contribution is -0.152. The minimum atomic E-state index is -0.364. The number of aryl methyl sites for hydroxylation is 1. The van der Waals surface area contributed by atoms with E-state index in [-0.39, 0.29) is 23.3 Å². The molecule has 3 heterocycles. The lowest BCUT2D eigenvalue weighted by Crippen LogP contribution is -2.49. The number of carbonyl (C=O) groups is 3. The van der Waals surface area contributed by atoms with Crippen molar-refractivity contribution in [1.29, 1.82) is 0 Å². The number of imide groups is 1. The summed E-state index contributed by atoms with van der Waals surface area (Å²) in [6.45, 7) is 8.78. The molecule has 0 unspecified atom stereocenters. The molecule has 0 bridgehead atoms. The monoisotopic (exact) mass is 464 g/mol. The number of aromatic nitrogens is 1. The van der Waals surface area contributed by atoms with Crippen LogP contribution in [0.1, 0.15) is 37.9 Å². The quantitative estimate of drug-likeness (QED) is 0.631. The fraction of sp³-hybridized carbons (Fsp3) is 0.462. The van der Waals surface area contributed by atoms with Crippen molar-refractivity contribution in [2.45, 2.75) is 40.0 Å². The first-order valence-corrected chi connectivity index (χ1v) is 11.8. The highest BCUT2D eigenvalue weighted by atomic mass is 16.6. The summed E-state index contributed by atoms with van der Waals surface area (Å²) in [5.41, 5.74) is 1.69. The highest BCUT2D eigenvalue weighted by molar-refractivity contribution is 5.98. The summed E-state index contributed by atoms with van der Waals surface area (Å²) in [5.74, 6) is 1.19. The number of piperidine rings is 1. The molecule has 0 atom stereocenters. The van der Waals surface area contributed by atoms with Gasteiger partial charge in [0.2, 0.25) is 11.8 Å². The number of hydrogen-bond acceptors (Lipinski definition) is 6. The van der Waals surface area contributed by atoms with Crippen LogP contribution in [0.25, 0.3) is 0 Å². The van der Waals surface area contributed by atoms with E-state index < -0.39 is 0 Å². The van der Waals surface area contributed by atoms with Gasteiger partial charge < -0.3 is 14.5 Å². The van der Waals surface area contributed by atoms with E-state index in [4.69, 9.17) is 4.74 Å². The van der Waals surface area contributed by atoms with Crippen molar-refractivity contribution >= 4 is 23.7 Å². The zero-order valence-corrected chi connectivity index (χ0v) is 20.1. The average molecular weight is 465 g/mol. The Bertz CT molecular complexity index is 1040. The predicted molar refractivity (Wildman–Crippen MR) is 129 cm³/mol. The fourth-order valence-electron chi connectivity index (χ4n) is 4.41. The molecule has 0 aliphatic carbocycles. The third-order valence-corrected chi connectivity index (χ3v) is 6.35. The van der Waals surface area contributed by atoms with Gasteiger partial charge in [0.1, 0.15) is 11.6 Å². The molecule has 0 N–H and O–H groups in total. The molecule has 180 valence electrons. The highest BCUT2D eigenvalue weighted by Crippen LogP contribution is 2.31. The second-order valence-electron chi connectivity index (χ2n) is 9.83. The van der Waals surface area contributed by atoms with E-state index >= 15 is 0 Å². The minimum absolute atomic E-state index is 0.106. The molecule has 2 saturated heterocycles. The smallest absolute Gasteiger partial charge is 0.410 e. The summed E-state index contributed by atoms with van der Waals surface area (Å²) in [4.78, 5) is 47.0. The van der Waals surface area contributed by atoms with Gasteiger partial charge in [-0.05, 0) is 48.6 Å². The van der Waals surface area contributed by atoms with Crippen molar-refractivity contribution in [3.63, 3.8) is 0 Å². The van der Waals surface area contributed by atoms with Gasteiger partial charge in [-0.3, -0.25) is 14.5 Å². The van der Waals surface area contributed by atoms with Crippen LogP contribution < -0.4 is 9.64 Å². The molecule has 4 rings (SSSR count). The molecule has 2 aliphatic rings. The fourth-order valence-corrected chi connectivity index (χ4v) is 4.41. The third kappa shape index (κ3) is 5.73. The van der Waals surface area contributed by atoms with E-state index in [2.05, 4.69) is 9.88 Å². The molecule has 8 heteroatoms. The Balaban J connectivity index is 1.25. The van der Waals surface area contributed by atoms with Crippen LogP contribution in [0.2, 0.25) is 0 Å². The van der Waals surface area contributed by atoms with Gasteiger partial charge in [0.05, 0.1) is 0 Å². The van der Waals surface area contributed by atoms with Crippen LogP contribution in [0.5, 0.6) is 5.75 Å². The molecular weight excluding hydrogens is 432 g/mol. The van der Waals surface area contributed by atoms with Crippen LogP contribution >= 0.6 is 0 Å². The van der Waals surface area contributed by atoms with Gasteiger partial charge in [0, 0.05) is 51.3 Å². The van der Waals surface area contributed by atoms with Gasteiger partial charge in [-0.25, -0.2) is 9.78 Å². The van der Waals surface area contributed by atoms with E-state index in [1.54, 1.807) is 17.0 Å². The lowest BCUT2D eigenvalue weighted by atomic mass is 9.81. The molecule has 34 heavy (non-hydrogen) atoms. The Morgan fingerprint density at radius 2 is 1.62 bits per heavy atom. The number of rotatable bonds is 5. The Kier molecular flexibility index (Phi) is 6.86. The number of likely N-dealkylation sites (tertiary alicyclic amines) is 1. The first-order valence-electron chi connectivity index (χ1n) is 11.8. The first kappa shape index (κ1) is 23.7. The number of anilines is 1. The van der Waals surface area contributed by atoms with Crippen LogP contribution in [-0.2, 0) is 16.0 Å². The number of piperazine rings is 1. The standard InChI is InChI=1S/C26H32N4O4/c1-19-5-4-6-22(27-19)28-13-15-29(16-14-28)25(33)34-21-9-7-20(8-10-21)11-12-30-23(31)17-26(2,3)18-24(30)32/h4-10H,11-18H2,1-3H3. The summed E-state index contributed by atoms with van der Waals surface area (Å²) in [6.07, 6.45) is 0.991. The zero-order valence-electron chi connectivity index (χ0n) is 20.1. The maximum absolute atomic E-state index is 12.6. The van der Waals surface area contributed by atoms with Gasteiger partial charge in [-0.1, -0.05) is 32.0 Å². The maximum Gasteiger partial charge on any atom is 0.415 e. The number of carbonyl (C=O) groups excluding carboxylic acids is 3. The summed E-state index contributed by atoms with van der Waals surface area (Å²) in [7, 11) is 0. The maximum atomic E-state index is 12.6. The highest BCUT2D eigenvalue weighted by Gasteiger charge is 2.37. The van der Waals surface area contributed by atoms with E-state index in [9.17, 15) is 14.4 Å². The van der Waals surface area contributed by atoms with Crippen LogP contribution in [-0.4, -0.2) is 65.4 Å². The molecule has 2 aliphatic heterocycles. The SMILES string of the molecule is Cc1cccc(N2CCN(C(=O)Oc3ccc(CCN4C(=O)CC(C)(C)CC4=O)cc3)CC2)n1. The van der Waals surface area contributed by atoms with Crippen LogP contribution in [0.3, 0.4) is 0 Å². The summed E-state index contributed by atoms with van der Waals surface area (Å²) in [5, 5.41) is 0. The van der Waals surface area contributed by atoms with Gasteiger partial charge in [-0.2, -0.15) is 0 Å². The zero-order chi connectivity index (χ0) is 24.3. The second-order valence-corrected chi connectivity index (χ2v) is 9.83. The molecule has 3 amide bonds. The van der Waals surface area contributed by atoms with Crippen LogP contribution in [0.15, 0.2) is 42.5 Å². The van der Waals surface area contributed by atoms with Crippen molar-refractivity contribution in [2.24, 2.45) is 5.41 Å². The molecule has 2 fully saturated rings. The van der Waals surface area contributed by atoms with Crippen molar-refractivity contribution in [2.75, 3.05) is 37.6 Å². The lowest BCUT2D eigenvalue weighted by Gasteiger charge is -2.34. The van der Waals surface area contributed by atoms with E-state index in [0.29, 0.717) is 57.7 Å². The van der Waals surface area contributed by atoms with Crippen LogP contribution in [0, 0.1) is 12.3 Å². The molecule has 1 aromatic carbocycles. The molecular formula is C26H32N4O4. The van der Waals surface area contributed by atoms with Gasteiger partial charge in [0.25, 0.3) is 0 Å². The second kappa shape index (κ2) is 9.83. The first-order chi connectivity index (χ1) is 16.2. The number of pyridine rings is 1. The largest absolute Gasteiger partial charge is 0.415 e. The minimum Gasteiger partial charge on any atom is -0.410 e. The summed E-state index contributed by atoms with van der Waals surface area (Å²) in [6, 6.07) is 13.2. The van der Waals surface area contributed by atoms with Crippen molar-refractivity contribution in [3.8, 4) is 5.75 Å². The Labute approximate surface area is 200 Å². The van der Waals surface area contributed by atoms with Crippen molar-refractivity contribution in [3.05, 3.63) is 53.7 Å². The summed E-state index contributed by atoms with van der Waals surface area (Å²) < 4.78 is 5.55. The van der Waals surface area contributed by atoms with Gasteiger partial charge in [-0.15, -0.1) is 0 Å². The number of nitrogens with zero attached hydrogens (tertiary/aromatic N) is 4.